The molecule has 3 heterocycles. The molecule has 6 heteroatoms. The number of amides is 1. The molecule has 6 nitrogen and oxygen atoms in total. The van der Waals surface area contributed by atoms with Gasteiger partial charge in [-0.2, -0.15) is 0 Å². The van der Waals surface area contributed by atoms with Crippen LogP contribution in [0, 0.1) is 5.92 Å². The summed E-state index contributed by atoms with van der Waals surface area (Å²) in [6, 6.07) is 7.52. The van der Waals surface area contributed by atoms with Gasteiger partial charge in [0.25, 0.3) is 5.91 Å². The summed E-state index contributed by atoms with van der Waals surface area (Å²) in [5.74, 6) is -0.945. The van der Waals surface area contributed by atoms with Crippen molar-refractivity contribution < 1.29 is 23.8 Å². The van der Waals surface area contributed by atoms with E-state index in [4.69, 9.17) is 14.2 Å². The van der Waals surface area contributed by atoms with Crippen LogP contribution in [0.2, 0.25) is 0 Å². The normalized spacial score (nSPS) is 31.4. The molecule has 1 saturated carbocycles. The number of fused-ring (bicyclic) bond motifs is 3. The van der Waals surface area contributed by atoms with Crippen LogP contribution in [-0.2, 0) is 29.4 Å². The number of benzene rings is 1. The van der Waals surface area contributed by atoms with Crippen molar-refractivity contribution in [2.45, 2.75) is 69.9 Å². The minimum atomic E-state index is -1.49. The number of likely N-dealkylation sites (N-methyl/N-ethyl adjacent to an activating group) is 1. The quantitative estimate of drug-likeness (QED) is 0.675. The largest absolute Gasteiger partial charge is 0.456 e. The molecule has 1 fully saturated rings. The summed E-state index contributed by atoms with van der Waals surface area (Å²) >= 11 is 0. The molecule has 0 unspecified atom stereocenters. The molecule has 154 valence electrons. The summed E-state index contributed by atoms with van der Waals surface area (Å²) in [7, 11) is 1.72. The zero-order valence-corrected chi connectivity index (χ0v) is 17.2. The fourth-order valence-corrected chi connectivity index (χ4v) is 5.40. The third-order valence-corrected chi connectivity index (χ3v) is 6.68. The van der Waals surface area contributed by atoms with Gasteiger partial charge in [0.2, 0.25) is 11.4 Å². The molecule has 4 aliphatic rings. The van der Waals surface area contributed by atoms with E-state index in [0.717, 1.165) is 18.5 Å². The third kappa shape index (κ3) is 2.65. The van der Waals surface area contributed by atoms with Crippen LogP contribution in [0.25, 0.3) is 0 Å². The summed E-state index contributed by atoms with van der Waals surface area (Å²) in [5, 5.41) is 0. The van der Waals surface area contributed by atoms with E-state index in [1.54, 1.807) is 25.8 Å². The average molecular weight is 397 g/mol. The van der Waals surface area contributed by atoms with Gasteiger partial charge < -0.3 is 19.1 Å². The molecular formula is C23H27NO5. The summed E-state index contributed by atoms with van der Waals surface area (Å²) in [6.07, 6.45) is 6.05. The smallest absolute Gasteiger partial charge is 0.344 e. The third-order valence-electron chi connectivity index (χ3n) is 6.68. The molecule has 3 aliphatic heterocycles. The maximum atomic E-state index is 13.6. The Morgan fingerprint density at radius 2 is 1.76 bits per heavy atom. The number of ether oxygens (including phenoxy) is 3. The Labute approximate surface area is 170 Å². The highest BCUT2D eigenvalue weighted by Gasteiger charge is 2.63. The lowest BCUT2D eigenvalue weighted by Crippen LogP contribution is -2.55. The van der Waals surface area contributed by atoms with Gasteiger partial charge in [-0.1, -0.05) is 37.5 Å². The first-order chi connectivity index (χ1) is 13.8. The van der Waals surface area contributed by atoms with Crippen molar-refractivity contribution in [3.63, 3.8) is 0 Å². The van der Waals surface area contributed by atoms with Crippen LogP contribution < -0.4 is 4.90 Å². The van der Waals surface area contributed by atoms with Gasteiger partial charge in [-0.25, -0.2) is 4.79 Å². The van der Waals surface area contributed by atoms with E-state index in [2.05, 4.69) is 0 Å². The highest BCUT2D eigenvalue weighted by molar-refractivity contribution is 6.14. The molecule has 2 atom stereocenters. The number of nitrogens with zero attached hydrogens (tertiary/aromatic N) is 1. The molecule has 0 bridgehead atoms. The Bertz CT molecular complexity index is 914. The monoisotopic (exact) mass is 397 g/mol. The van der Waals surface area contributed by atoms with Gasteiger partial charge in [0.05, 0.1) is 11.8 Å². The minimum absolute atomic E-state index is 0.167. The fraction of sp³-hybridized carbons (Fsp3) is 0.565. The molecule has 0 radical (unpaired) electrons. The maximum absolute atomic E-state index is 13.6. The van der Waals surface area contributed by atoms with Crippen molar-refractivity contribution >= 4 is 17.6 Å². The number of esters is 1. The van der Waals surface area contributed by atoms with Crippen molar-refractivity contribution in [3.05, 3.63) is 41.2 Å². The van der Waals surface area contributed by atoms with Crippen molar-refractivity contribution in [1.82, 2.24) is 0 Å². The standard InChI is InChI=1S/C23H27NO5/c1-22(2)27-18-13-17(14-9-5-4-6-10-14)28-23(19(18)20(25)29-22)15-11-7-8-12-16(15)24(3)21(23)26/h7-8,11-12,14,17H,4-6,9-10,13H2,1-3H3/t17-,23-/m0/s1. The predicted molar refractivity (Wildman–Crippen MR) is 106 cm³/mol. The highest BCUT2D eigenvalue weighted by atomic mass is 16.7. The van der Waals surface area contributed by atoms with E-state index in [-0.39, 0.29) is 17.6 Å². The van der Waals surface area contributed by atoms with E-state index >= 15 is 0 Å². The van der Waals surface area contributed by atoms with Crippen molar-refractivity contribution in [3.8, 4) is 0 Å². The Morgan fingerprint density at radius 3 is 2.52 bits per heavy atom. The maximum Gasteiger partial charge on any atom is 0.344 e. The highest BCUT2D eigenvalue weighted by Crippen LogP contribution is 2.54. The van der Waals surface area contributed by atoms with Crippen LogP contribution in [0.3, 0.4) is 0 Å². The Morgan fingerprint density at radius 1 is 1.03 bits per heavy atom. The number of hydrogen-bond donors (Lipinski definition) is 0. The molecule has 0 aromatic heterocycles. The van der Waals surface area contributed by atoms with Crippen LogP contribution >= 0.6 is 0 Å². The van der Waals surface area contributed by atoms with E-state index in [1.165, 1.54) is 19.3 Å². The summed E-state index contributed by atoms with van der Waals surface area (Å²) in [4.78, 5) is 28.4. The van der Waals surface area contributed by atoms with Gasteiger partial charge in [0.1, 0.15) is 11.3 Å². The molecule has 1 aromatic rings. The number of rotatable bonds is 1. The summed E-state index contributed by atoms with van der Waals surface area (Å²) in [5.41, 5.74) is 0.173. The van der Waals surface area contributed by atoms with Gasteiger partial charge in [-0.15, -0.1) is 0 Å². The number of carbonyl (C=O) groups is 2. The van der Waals surface area contributed by atoms with Gasteiger partial charge >= 0.3 is 5.97 Å². The number of anilines is 1. The number of carbonyl (C=O) groups excluding carboxylic acids is 2. The topological polar surface area (TPSA) is 65.1 Å². The Balaban J connectivity index is 1.70. The number of hydrogen-bond acceptors (Lipinski definition) is 5. The van der Waals surface area contributed by atoms with Gasteiger partial charge in [0, 0.05) is 32.9 Å². The second-order valence-corrected chi connectivity index (χ2v) is 9.01. The zero-order chi connectivity index (χ0) is 20.4. The molecule has 0 N–H and O–H groups in total. The average Bonchev–Trinajstić information content (AvgIpc) is 2.90. The first kappa shape index (κ1) is 18.7. The van der Waals surface area contributed by atoms with Crippen LogP contribution in [0.4, 0.5) is 5.69 Å². The first-order valence-electron chi connectivity index (χ1n) is 10.5. The molecule has 5 rings (SSSR count). The fourth-order valence-electron chi connectivity index (χ4n) is 5.40. The first-order valence-corrected chi connectivity index (χ1v) is 10.5. The van der Waals surface area contributed by atoms with E-state index in [9.17, 15) is 9.59 Å². The van der Waals surface area contributed by atoms with Crippen LogP contribution in [0.5, 0.6) is 0 Å². The van der Waals surface area contributed by atoms with E-state index in [1.807, 2.05) is 24.3 Å². The molecule has 1 aliphatic carbocycles. The van der Waals surface area contributed by atoms with Crippen molar-refractivity contribution in [1.29, 1.82) is 0 Å². The second kappa shape index (κ2) is 6.33. The molecule has 0 saturated heterocycles. The predicted octanol–water partition coefficient (Wildman–Crippen LogP) is 3.79. The lowest BCUT2D eigenvalue weighted by atomic mass is 9.77. The molecule has 1 aromatic carbocycles. The van der Waals surface area contributed by atoms with Gasteiger partial charge in [-0.05, 0) is 24.8 Å². The minimum Gasteiger partial charge on any atom is -0.456 e. The van der Waals surface area contributed by atoms with E-state index in [0.29, 0.717) is 23.7 Å². The van der Waals surface area contributed by atoms with Crippen LogP contribution in [0.1, 0.15) is 57.9 Å². The summed E-state index contributed by atoms with van der Waals surface area (Å²) in [6.45, 7) is 3.45. The molecule has 1 spiro atoms. The molecule has 1 amide bonds. The summed E-state index contributed by atoms with van der Waals surface area (Å²) < 4.78 is 18.3. The zero-order valence-electron chi connectivity index (χ0n) is 17.2. The Hall–Kier alpha value is -2.34. The number of para-hydroxylation sites is 1. The van der Waals surface area contributed by atoms with Crippen LogP contribution in [0.15, 0.2) is 35.6 Å². The Kier molecular flexibility index (Phi) is 4.07. The SMILES string of the molecule is CN1C(=O)[C@]2(O[C@H](C3CCCCC3)CC3=C2C(=O)OC(C)(C)O3)c2ccccc21. The van der Waals surface area contributed by atoms with Gasteiger partial charge in [-0.3, -0.25) is 4.79 Å². The van der Waals surface area contributed by atoms with E-state index < -0.39 is 17.4 Å². The van der Waals surface area contributed by atoms with Crippen molar-refractivity contribution in [2.24, 2.45) is 5.92 Å². The van der Waals surface area contributed by atoms with Crippen molar-refractivity contribution in [2.75, 3.05) is 11.9 Å². The lowest BCUT2D eigenvalue weighted by Gasteiger charge is -2.46. The number of cyclic esters (lactones) is 1. The second-order valence-electron chi connectivity index (χ2n) is 9.01. The molecule has 29 heavy (non-hydrogen) atoms. The van der Waals surface area contributed by atoms with Gasteiger partial charge in [0.15, 0.2) is 0 Å². The van der Waals surface area contributed by atoms with Crippen LogP contribution in [-0.4, -0.2) is 30.8 Å². The molecular weight excluding hydrogens is 370 g/mol. The lowest BCUT2D eigenvalue weighted by molar-refractivity contribution is -0.226.